The third-order valence-electron chi connectivity index (χ3n) is 5.16. The third-order valence-corrected chi connectivity index (χ3v) is 5.16. The summed E-state index contributed by atoms with van der Waals surface area (Å²) in [5, 5.41) is 4.29. The second-order valence-electron chi connectivity index (χ2n) is 6.80. The molecule has 3 heterocycles. The van der Waals surface area contributed by atoms with Crippen LogP contribution in [0.3, 0.4) is 0 Å². The molecule has 1 unspecified atom stereocenters. The molecule has 1 atom stereocenters. The van der Waals surface area contributed by atoms with Crippen molar-refractivity contribution in [1.82, 2.24) is 24.2 Å². The summed E-state index contributed by atoms with van der Waals surface area (Å²) >= 11 is 0. The number of rotatable bonds is 3. The quantitative estimate of drug-likeness (QED) is 0.725. The summed E-state index contributed by atoms with van der Waals surface area (Å²) in [6, 6.07) is 9.84. The molecule has 0 N–H and O–H groups in total. The highest BCUT2D eigenvalue weighted by atomic mass is 16.5. The van der Waals surface area contributed by atoms with Gasteiger partial charge in [0.05, 0.1) is 18.1 Å². The number of carbonyl (C=O) groups excluding carboxylic acids is 1. The van der Waals surface area contributed by atoms with Gasteiger partial charge in [-0.2, -0.15) is 5.10 Å². The van der Waals surface area contributed by atoms with Gasteiger partial charge in [-0.05, 0) is 25.0 Å². The van der Waals surface area contributed by atoms with Crippen molar-refractivity contribution >= 4 is 16.9 Å². The molecule has 1 amide bonds. The summed E-state index contributed by atoms with van der Waals surface area (Å²) in [5.41, 5.74) is 2.55. The zero-order valence-electron chi connectivity index (χ0n) is 15.3. The largest absolute Gasteiger partial charge is 0.481 e. The standard InChI is InChI=1S/C19H23N5O2/c1-22-16-9-5-4-8-14(16)20-18(22)13-7-6-10-24(12-13)19(25)15-11-17(26-3)23(2)21-15/h4-5,8-9,11,13H,6-7,10,12H2,1-3H3. The SMILES string of the molecule is COc1cc(C(=O)N2CCCC(c3nc4ccccc4n3C)C2)nn1C. The molecular formula is C19H23N5O2. The monoisotopic (exact) mass is 353 g/mol. The number of imidazole rings is 1. The minimum Gasteiger partial charge on any atom is -0.481 e. The molecule has 4 rings (SSSR count). The van der Waals surface area contributed by atoms with Gasteiger partial charge in [0.15, 0.2) is 5.69 Å². The lowest BCUT2D eigenvalue weighted by atomic mass is 9.97. The van der Waals surface area contributed by atoms with Gasteiger partial charge in [0.2, 0.25) is 5.88 Å². The number of ether oxygens (including phenoxy) is 1. The first-order valence-corrected chi connectivity index (χ1v) is 8.87. The lowest BCUT2D eigenvalue weighted by Crippen LogP contribution is -2.40. The van der Waals surface area contributed by atoms with Crippen molar-refractivity contribution in [3.63, 3.8) is 0 Å². The maximum absolute atomic E-state index is 12.9. The van der Waals surface area contributed by atoms with Crippen LogP contribution in [0.4, 0.5) is 0 Å². The summed E-state index contributed by atoms with van der Waals surface area (Å²) in [4.78, 5) is 19.6. The summed E-state index contributed by atoms with van der Waals surface area (Å²) < 4.78 is 8.95. The Kier molecular flexibility index (Phi) is 4.14. The van der Waals surface area contributed by atoms with Gasteiger partial charge in [0.25, 0.3) is 5.91 Å². The van der Waals surface area contributed by atoms with Gasteiger partial charge < -0.3 is 14.2 Å². The van der Waals surface area contributed by atoms with E-state index in [9.17, 15) is 4.79 Å². The van der Waals surface area contributed by atoms with E-state index in [-0.39, 0.29) is 11.8 Å². The number of fused-ring (bicyclic) bond motifs is 1. The van der Waals surface area contributed by atoms with Crippen molar-refractivity contribution in [2.24, 2.45) is 14.1 Å². The van der Waals surface area contributed by atoms with E-state index in [0.29, 0.717) is 18.1 Å². The molecule has 1 aliphatic heterocycles. The Hall–Kier alpha value is -2.83. The number of hydrogen-bond donors (Lipinski definition) is 0. The number of benzene rings is 1. The van der Waals surface area contributed by atoms with Crippen LogP contribution in [0.1, 0.15) is 35.1 Å². The van der Waals surface area contributed by atoms with Crippen molar-refractivity contribution in [2.75, 3.05) is 20.2 Å². The number of aryl methyl sites for hydroxylation is 2. The molecule has 1 aromatic carbocycles. The molecule has 0 spiro atoms. The second kappa shape index (κ2) is 6.48. The van der Waals surface area contributed by atoms with Crippen LogP contribution in [-0.2, 0) is 14.1 Å². The van der Waals surface area contributed by atoms with Gasteiger partial charge in [-0.1, -0.05) is 12.1 Å². The molecule has 3 aromatic rings. The predicted octanol–water partition coefficient (Wildman–Crippen LogP) is 2.34. The second-order valence-corrected chi connectivity index (χ2v) is 6.80. The van der Waals surface area contributed by atoms with Crippen molar-refractivity contribution in [1.29, 1.82) is 0 Å². The minimum atomic E-state index is -0.0487. The molecule has 7 nitrogen and oxygen atoms in total. The lowest BCUT2D eigenvalue weighted by molar-refractivity contribution is 0.0697. The average molecular weight is 353 g/mol. The van der Waals surface area contributed by atoms with Crippen molar-refractivity contribution in [3.8, 4) is 5.88 Å². The average Bonchev–Trinajstić information content (AvgIpc) is 3.21. The third kappa shape index (κ3) is 2.73. The van der Waals surface area contributed by atoms with E-state index in [1.54, 1.807) is 24.9 Å². The van der Waals surface area contributed by atoms with Gasteiger partial charge in [0, 0.05) is 39.2 Å². The first-order valence-electron chi connectivity index (χ1n) is 8.87. The van der Waals surface area contributed by atoms with Gasteiger partial charge in [-0.3, -0.25) is 4.79 Å². The van der Waals surface area contributed by atoms with Gasteiger partial charge in [-0.25, -0.2) is 9.67 Å². The maximum Gasteiger partial charge on any atom is 0.274 e. The number of methoxy groups -OCH3 is 1. The Bertz CT molecular complexity index is 958. The lowest BCUT2D eigenvalue weighted by Gasteiger charge is -2.32. The van der Waals surface area contributed by atoms with Gasteiger partial charge in [0.1, 0.15) is 5.82 Å². The summed E-state index contributed by atoms with van der Waals surface area (Å²) in [5.74, 6) is 1.81. The summed E-state index contributed by atoms with van der Waals surface area (Å²) in [7, 11) is 5.40. The van der Waals surface area contributed by atoms with Crippen LogP contribution >= 0.6 is 0 Å². The van der Waals surface area contributed by atoms with E-state index in [4.69, 9.17) is 9.72 Å². The Morgan fingerprint density at radius 1 is 1.27 bits per heavy atom. The van der Waals surface area contributed by atoms with Crippen molar-refractivity contribution in [2.45, 2.75) is 18.8 Å². The van der Waals surface area contributed by atoms with E-state index in [2.05, 4.69) is 22.8 Å². The van der Waals surface area contributed by atoms with Crippen LogP contribution in [-0.4, -0.2) is 50.3 Å². The number of nitrogens with zero attached hydrogens (tertiary/aromatic N) is 5. The highest BCUT2D eigenvalue weighted by Crippen LogP contribution is 2.29. The molecule has 0 saturated carbocycles. The zero-order valence-corrected chi connectivity index (χ0v) is 15.3. The van der Waals surface area contributed by atoms with Crippen LogP contribution in [0, 0.1) is 0 Å². The number of likely N-dealkylation sites (tertiary alicyclic amines) is 1. The van der Waals surface area contributed by atoms with E-state index >= 15 is 0 Å². The molecular weight excluding hydrogens is 330 g/mol. The maximum atomic E-state index is 12.9. The molecule has 7 heteroatoms. The van der Waals surface area contributed by atoms with E-state index in [1.165, 1.54) is 0 Å². The molecule has 2 aromatic heterocycles. The number of carbonyl (C=O) groups is 1. The first-order chi connectivity index (χ1) is 12.6. The highest BCUT2D eigenvalue weighted by Gasteiger charge is 2.29. The first kappa shape index (κ1) is 16.6. The van der Waals surface area contributed by atoms with Crippen LogP contribution in [0.2, 0.25) is 0 Å². The van der Waals surface area contributed by atoms with Crippen LogP contribution in [0.5, 0.6) is 5.88 Å². The highest BCUT2D eigenvalue weighted by molar-refractivity contribution is 5.92. The Morgan fingerprint density at radius 3 is 2.81 bits per heavy atom. The van der Waals surface area contributed by atoms with Crippen molar-refractivity contribution in [3.05, 3.63) is 41.9 Å². The molecule has 136 valence electrons. The number of aromatic nitrogens is 4. The van der Waals surface area contributed by atoms with E-state index < -0.39 is 0 Å². The smallest absolute Gasteiger partial charge is 0.274 e. The molecule has 0 bridgehead atoms. The number of para-hydroxylation sites is 2. The van der Waals surface area contributed by atoms with Crippen LogP contribution < -0.4 is 4.74 Å². The molecule has 1 aliphatic rings. The van der Waals surface area contributed by atoms with E-state index in [1.807, 2.05) is 23.1 Å². The van der Waals surface area contributed by atoms with Crippen molar-refractivity contribution < 1.29 is 9.53 Å². The molecule has 1 saturated heterocycles. The van der Waals surface area contributed by atoms with E-state index in [0.717, 1.165) is 36.2 Å². The Morgan fingerprint density at radius 2 is 2.08 bits per heavy atom. The van der Waals surface area contributed by atoms with Gasteiger partial charge >= 0.3 is 0 Å². The molecule has 0 radical (unpaired) electrons. The van der Waals surface area contributed by atoms with Gasteiger partial charge in [-0.15, -0.1) is 0 Å². The minimum absolute atomic E-state index is 0.0487. The topological polar surface area (TPSA) is 65.2 Å². The predicted molar refractivity (Wildman–Crippen MR) is 98.4 cm³/mol. The molecule has 0 aliphatic carbocycles. The number of amides is 1. The number of hydrogen-bond acceptors (Lipinski definition) is 4. The fraction of sp³-hybridized carbons (Fsp3) is 0.421. The summed E-state index contributed by atoms with van der Waals surface area (Å²) in [6.45, 7) is 1.41. The number of piperidine rings is 1. The summed E-state index contributed by atoms with van der Waals surface area (Å²) in [6.07, 6.45) is 2.00. The Balaban J connectivity index is 1.58. The van der Waals surface area contributed by atoms with Crippen LogP contribution in [0.25, 0.3) is 11.0 Å². The fourth-order valence-corrected chi connectivity index (χ4v) is 3.81. The normalized spacial score (nSPS) is 17.7. The van der Waals surface area contributed by atoms with Crippen LogP contribution in [0.15, 0.2) is 30.3 Å². The Labute approximate surface area is 152 Å². The molecule has 26 heavy (non-hydrogen) atoms. The zero-order chi connectivity index (χ0) is 18.3. The molecule has 1 fully saturated rings. The fourth-order valence-electron chi connectivity index (χ4n) is 3.81.